The van der Waals surface area contributed by atoms with E-state index in [-0.39, 0.29) is 53.8 Å². The van der Waals surface area contributed by atoms with E-state index < -0.39 is 24.1 Å². The molecule has 7 heteroatoms. The molecule has 220 valence electrons. The SMILES string of the molecule is C/C=C(\C)C[C@H](C)[C@H](O)[C@@H](C)[C@H]1O[C@@]2(C[C@@H](OC)[C@H]1C)O[C@H]([C@@H](C)[C@@H](O)[C@@H](C)/C=C\C=C\I)[C@@H](C)C[C@@H]2O. The summed E-state index contributed by atoms with van der Waals surface area (Å²) in [6.07, 6.45) is 6.85. The van der Waals surface area contributed by atoms with Crippen LogP contribution in [0.2, 0.25) is 0 Å². The molecule has 0 unspecified atom stereocenters. The van der Waals surface area contributed by atoms with E-state index in [1.54, 1.807) is 7.11 Å². The number of hydrogen-bond acceptors (Lipinski definition) is 6. The third-order valence-corrected chi connectivity index (χ3v) is 9.61. The first-order valence-electron chi connectivity index (χ1n) is 14.3. The van der Waals surface area contributed by atoms with E-state index in [0.29, 0.717) is 12.8 Å². The lowest BCUT2D eigenvalue weighted by molar-refractivity contribution is -0.391. The average molecular weight is 649 g/mol. The van der Waals surface area contributed by atoms with Crippen LogP contribution in [0.4, 0.5) is 0 Å². The molecule has 0 bridgehead atoms. The first-order chi connectivity index (χ1) is 17.8. The van der Waals surface area contributed by atoms with E-state index in [1.165, 1.54) is 5.57 Å². The normalized spacial score (nSPS) is 37.9. The number of aliphatic hydroxyl groups excluding tert-OH is 3. The van der Waals surface area contributed by atoms with Gasteiger partial charge < -0.3 is 29.5 Å². The van der Waals surface area contributed by atoms with Crippen molar-refractivity contribution in [1.82, 2.24) is 0 Å². The number of methoxy groups -OCH3 is 1. The highest BCUT2D eigenvalue weighted by Gasteiger charge is 2.57. The molecule has 13 atom stereocenters. The maximum absolute atomic E-state index is 11.4. The van der Waals surface area contributed by atoms with Crippen molar-refractivity contribution in [2.75, 3.05) is 7.11 Å². The minimum absolute atomic E-state index is 0.0121. The second-order valence-electron chi connectivity index (χ2n) is 12.1. The molecule has 0 aromatic carbocycles. The van der Waals surface area contributed by atoms with E-state index in [0.717, 1.165) is 6.42 Å². The lowest BCUT2D eigenvalue weighted by atomic mass is 9.74. The number of ether oxygens (including phenoxy) is 3. The Morgan fingerprint density at radius 2 is 1.66 bits per heavy atom. The van der Waals surface area contributed by atoms with Crippen LogP contribution in [0.1, 0.15) is 74.7 Å². The van der Waals surface area contributed by atoms with Crippen LogP contribution in [0, 0.1) is 35.5 Å². The van der Waals surface area contributed by atoms with Crippen molar-refractivity contribution in [1.29, 1.82) is 0 Å². The molecule has 3 N–H and O–H groups in total. The molecule has 0 aromatic heterocycles. The number of allylic oxidation sites excluding steroid dienone is 4. The highest BCUT2D eigenvalue weighted by Crippen LogP contribution is 2.47. The highest BCUT2D eigenvalue weighted by atomic mass is 127. The summed E-state index contributed by atoms with van der Waals surface area (Å²) >= 11 is 2.17. The zero-order valence-corrected chi connectivity index (χ0v) is 27.0. The summed E-state index contributed by atoms with van der Waals surface area (Å²) < 4.78 is 21.3. The standard InChI is InChI=1S/C31H53IO6/c1-10-18(2)15-20(4)28(35)24(8)30-22(6)25(36-9)17-31(38-30)26(33)16-21(5)29(37-31)23(7)27(34)19(3)13-11-12-14-32/h10-14,19-30,33-35H,15-17H2,1-9H3/b13-11-,14-12+,18-10+/t19-,20-,21-,22+,23-,24+,25+,26-,27-,28-,29-,30-,31+/m0/s1. The summed E-state index contributed by atoms with van der Waals surface area (Å²) in [6, 6.07) is 0. The van der Waals surface area contributed by atoms with Gasteiger partial charge in [0.05, 0.1) is 30.5 Å². The molecular formula is C31H53IO6. The van der Waals surface area contributed by atoms with Gasteiger partial charge in [-0.1, -0.05) is 94.0 Å². The van der Waals surface area contributed by atoms with Crippen LogP contribution in [-0.4, -0.2) is 64.8 Å². The largest absolute Gasteiger partial charge is 0.392 e. The predicted octanol–water partition coefficient (Wildman–Crippen LogP) is 6.04. The first-order valence-corrected chi connectivity index (χ1v) is 15.6. The van der Waals surface area contributed by atoms with Crippen molar-refractivity contribution >= 4 is 22.6 Å². The molecule has 2 heterocycles. The lowest BCUT2D eigenvalue weighted by Gasteiger charge is -2.56. The average Bonchev–Trinajstić information content (AvgIpc) is 2.89. The molecule has 1 spiro atoms. The van der Waals surface area contributed by atoms with Crippen molar-refractivity contribution in [3.63, 3.8) is 0 Å². The molecule has 2 fully saturated rings. The van der Waals surface area contributed by atoms with Crippen LogP contribution >= 0.6 is 22.6 Å². The molecule has 0 aliphatic carbocycles. The quantitative estimate of drug-likeness (QED) is 0.144. The Bertz CT molecular complexity index is 814. The van der Waals surface area contributed by atoms with Crippen molar-refractivity contribution in [3.8, 4) is 0 Å². The Labute approximate surface area is 245 Å². The topological polar surface area (TPSA) is 88.4 Å². The molecule has 6 nitrogen and oxygen atoms in total. The van der Waals surface area contributed by atoms with Gasteiger partial charge in [-0.25, -0.2) is 0 Å². The van der Waals surface area contributed by atoms with E-state index in [1.807, 2.05) is 50.0 Å². The van der Waals surface area contributed by atoms with Crippen LogP contribution < -0.4 is 0 Å². The molecular weight excluding hydrogens is 595 g/mol. The Morgan fingerprint density at radius 3 is 2.24 bits per heavy atom. The minimum Gasteiger partial charge on any atom is -0.392 e. The Balaban J connectivity index is 2.32. The Morgan fingerprint density at radius 1 is 1.05 bits per heavy atom. The molecule has 0 amide bonds. The van der Waals surface area contributed by atoms with Gasteiger partial charge in [0, 0.05) is 37.2 Å². The fourth-order valence-corrected chi connectivity index (χ4v) is 6.72. The minimum atomic E-state index is -1.25. The lowest BCUT2D eigenvalue weighted by Crippen LogP contribution is -2.65. The third-order valence-electron chi connectivity index (χ3n) is 9.20. The van der Waals surface area contributed by atoms with Gasteiger partial charge in [0.2, 0.25) is 0 Å². The molecule has 0 aromatic rings. The van der Waals surface area contributed by atoms with E-state index in [4.69, 9.17) is 14.2 Å². The van der Waals surface area contributed by atoms with Gasteiger partial charge in [-0.3, -0.25) is 0 Å². The zero-order valence-electron chi connectivity index (χ0n) is 24.9. The molecule has 2 rings (SSSR count). The van der Waals surface area contributed by atoms with E-state index >= 15 is 0 Å². The van der Waals surface area contributed by atoms with E-state index in [9.17, 15) is 15.3 Å². The maximum atomic E-state index is 11.4. The van der Waals surface area contributed by atoms with Crippen LogP contribution in [0.15, 0.2) is 34.0 Å². The first kappa shape index (κ1) is 33.9. The molecule has 2 aliphatic rings. The zero-order chi connectivity index (χ0) is 28.8. The number of rotatable bonds is 11. The van der Waals surface area contributed by atoms with Crippen molar-refractivity contribution in [3.05, 3.63) is 34.0 Å². The van der Waals surface area contributed by atoms with Gasteiger partial charge >= 0.3 is 0 Å². The number of hydrogen-bond donors (Lipinski definition) is 3. The highest BCUT2D eigenvalue weighted by molar-refractivity contribution is 14.1. The van der Waals surface area contributed by atoms with Crippen molar-refractivity contribution in [2.24, 2.45) is 35.5 Å². The summed E-state index contributed by atoms with van der Waals surface area (Å²) in [7, 11) is 1.69. The predicted molar refractivity (Wildman–Crippen MR) is 162 cm³/mol. The van der Waals surface area contributed by atoms with Gasteiger partial charge in [0.15, 0.2) is 5.79 Å². The Kier molecular flexibility index (Phi) is 13.5. The fraction of sp³-hybridized carbons (Fsp3) is 0.806. The molecule has 0 radical (unpaired) electrons. The smallest absolute Gasteiger partial charge is 0.197 e. The summed E-state index contributed by atoms with van der Waals surface area (Å²) in [5.41, 5.74) is 1.25. The summed E-state index contributed by atoms with van der Waals surface area (Å²) in [5, 5.41) is 33.9. The summed E-state index contributed by atoms with van der Waals surface area (Å²) in [6.45, 7) is 16.4. The monoisotopic (exact) mass is 648 g/mol. The second kappa shape index (κ2) is 15.1. The van der Waals surface area contributed by atoms with Crippen LogP contribution in [-0.2, 0) is 14.2 Å². The van der Waals surface area contributed by atoms with Crippen LogP contribution in [0.3, 0.4) is 0 Å². The van der Waals surface area contributed by atoms with Gasteiger partial charge in [0.25, 0.3) is 0 Å². The number of aliphatic hydroxyl groups is 3. The molecule has 38 heavy (non-hydrogen) atoms. The number of halogens is 1. The second-order valence-corrected chi connectivity index (χ2v) is 12.8. The van der Waals surface area contributed by atoms with Gasteiger partial charge in [-0.05, 0) is 42.6 Å². The van der Waals surface area contributed by atoms with Crippen molar-refractivity contribution in [2.45, 2.75) is 117 Å². The van der Waals surface area contributed by atoms with Crippen LogP contribution in [0.25, 0.3) is 0 Å². The van der Waals surface area contributed by atoms with Crippen LogP contribution in [0.5, 0.6) is 0 Å². The van der Waals surface area contributed by atoms with Gasteiger partial charge in [-0.2, -0.15) is 0 Å². The Hall–Kier alpha value is -0.290. The van der Waals surface area contributed by atoms with Gasteiger partial charge in [-0.15, -0.1) is 0 Å². The third kappa shape index (κ3) is 7.92. The fourth-order valence-electron chi connectivity index (χ4n) is 6.48. The maximum Gasteiger partial charge on any atom is 0.197 e. The molecule has 0 saturated carbocycles. The van der Waals surface area contributed by atoms with E-state index in [2.05, 4.69) is 56.4 Å². The van der Waals surface area contributed by atoms with Gasteiger partial charge in [0.1, 0.15) is 6.10 Å². The molecule has 2 saturated heterocycles. The molecule has 2 aliphatic heterocycles. The summed E-state index contributed by atoms with van der Waals surface area (Å²) in [4.78, 5) is 0. The van der Waals surface area contributed by atoms with Crippen molar-refractivity contribution < 1.29 is 29.5 Å². The summed E-state index contributed by atoms with van der Waals surface area (Å²) in [5.74, 6) is -1.55.